The molecule has 0 aliphatic carbocycles. The normalized spacial score (nSPS) is 25.9. The summed E-state index contributed by atoms with van der Waals surface area (Å²) in [7, 11) is 1.93. The van der Waals surface area contributed by atoms with Gasteiger partial charge in [-0.3, -0.25) is 4.79 Å². The highest BCUT2D eigenvalue weighted by Gasteiger charge is 2.41. The molecule has 3 nitrogen and oxygen atoms in total. The number of amides is 1. The van der Waals surface area contributed by atoms with Gasteiger partial charge in [0.05, 0.1) is 5.41 Å². The molecule has 0 spiro atoms. The van der Waals surface area contributed by atoms with Crippen molar-refractivity contribution >= 4 is 5.91 Å². The second-order valence-corrected chi connectivity index (χ2v) is 5.14. The lowest BCUT2D eigenvalue weighted by Gasteiger charge is -2.31. The number of carbonyl (C=O) groups is 1. The highest BCUT2D eigenvalue weighted by atomic mass is 16.2. The van der Waals surface area contributed by atoms with Crippen molar-refractivity contribution in [2.45, 2.75) is 33.6 Å². The van der Waals surface area contributed by atoms with Crippen LogP contribution in [0, 0.1) is 11.3 Å². The van der Waals surface area contributed by atoms with Gasteiger partial charge in [0, 0.05) is 20.1 Å². The maximum Gasteiger partial charge on any atom is 0.229 e. The third-order valence-corrected chi connectivity index (χ3v) is 3.36. The van der Waals surface area contributed by atoms with Crippen molar-refractivity contribution < 1.29 is 4.79 Å². The summed E-state index contributed by atoms with van der Waals surface area (Å²) in [6.07, 6.45) is 1.94. The average Bonchev–Trinajstić information content (AvgIpc) is 2.65. The van der Waals surface area contributed by atoms with Gasteiger partial charge in [0.15, 0.2) is 0 Å². The molecule has 15 heavy (non-hydrogen) atoms. The highest BCUT2D eigenvalue weighted by molar-refractivity contribution is 5.83. The Hall–Kier alpha value is -0.570. The van der Waals surface area contributed by atoms with E-state index in [0.29, 0.717) is 11.8 Å². The van der Waals surface area contributed by atoms with Crippen LogP contribution in [0.4, 0.5) is 0 Å². The Bertz CT molecular complexity index is 220. The van der Waals surface area contributed by atoms with Crippen molar-refractivity contribution in [2.24, 2.45) is 11.3 Å². The zero-order chi connectivity index (χ0) is 11.5. The number of carbonyl (C=O) groups excluding carboxylic acids is 1. The Balaban J connectivity index is 2.64. The molecule has 88 valence electrons. The summed E-state index contributed by atoms with van der Waals surface area (Å²) in [5.74, 6) is 0.867. The van der Waals surface area contributed by atoms with Crippen molar-refractivity contribution in [1.82, 2.24) is 10.2 Å². The second kappa shape index (κ2) is 4.97. The molecule has 1 fully saturated rings. The van der Waals surface area contributed by atoms with Gasteiger partial charge >= 0.3 is 0 Å². The van der Waals surface area contributed by atoms with Crippen LogP contribution in [0.25, 0.3) is 0 Å². The van der Waals surface area contributed by atoms with Crippen LogP contribution in [0.1, 0.15) is 33.6 Å². The molecule has 0 aromatic heterocycles. The van der Waals surface area contributed by atoms with Crippen LogP contribution >= 0.6 is 0 Å². The standard InChI is InChI=1S/C12H24N2O/c1-5-12(6-7-13-9-12)11(15)14(4)8-10(2)3/h10,13H,5-9H2,1-4H3. The monoisotopic (exact) mass is 212 g/mol. The van der Waals surface area contributed by atoms with Gasteiger partial charge in [-0.05, 0) is 25.3 Å². The van der Waals surface area contributed by atoms with Crippen molar-refractivity contribution in [3.8, 4) is 0 Å². The van der Waals surface area contributed by atoms with E-state index in [1.54, 1.807) is 0 Å². The molecule has 3 heteroatoms. The van der Waals surface area contributed by atoms with Crippen LogP contribution in [0.3, 0.4) is 0 Å². The maximum absolute atomic E-state index is 12.3. The van der Waals surface area contributed by atoms with Crippen molar-refractivity contribution in [2.75, 3.05) is 26.7 Å². The summed E-state index contributed by atoms with van der Waals surface area (Å²) >= 11 is 0. The summed E-state index contributed by atoms with van der Waals surface area (Å²) in [5, 5.41) is 3.31. The summed E-state index contributed by atoms with van der Waals surface area (Å²) < 4.78 is 0. The Kier molecular flexibility index (Phi) is 4.14. The van der Waals surface area contributed by atoms with Crippen LogP contribution in [-0.4, -0.2) is 37.5 Å². The first kappa shape index (κ1) is 12.5. The van der Waals surface area contributed by atoms with Crippen LogP contribution in [0.5, 0.6) is 0 Å². The first-order chi connectivity index (χ1) is 7.02. The van der Waals surface area contributed by atoms with Crippen molar-refractivity contribution in [3.63, 3.8) is 0 Å². The SMILES string of the molecule is CCC1(C(=O)N(C)CC(C)C)CCNC1. The molecule has 1 saturated heterocycles. The Labute approximate surface area is 93.2 Å². The Morgan fingerprint density at radius 1 is 1.53 bits per heavy atom. The molecule has 0 aromatic carbocycles. The summed E-state index contributed by atoms with van der Waals surface area (Å²) in [6, 6.07) is 0. The third kappa shape index (κ3) is 2.71. The molecule has 1 aliphatic rings. The summed E-state index contributed by atoms with van der Waals surface area (Å²) in [4.78, 5) is 14.2. The number of nitrogens with one attached hydrogen (secondary N) is 1. The predicted octanol–water partition coefficient (Wildman–Crippen LogP) is 1.49. The summed E-state index contributed by atoms with van der Waals surface area (Å²) in [6.45, 7) is 9.11. The Morgan fingerprint density at radius 3 is 2.60 bits per heavy atom. The van der Waals surface area contributed by atoms with Crippen LogP contribution < -0.4 is 5.32 Å². The maximum atomic E-state index is 12.3. The van der Waals surface area contributed by atoms with E-state index in [2.05, 4.69) is 26.1 Å². The third-order valence-electron chi connectivity index (χ3n) is 3.36. The first-order valence-electron chi connectivity index (χ1n) is 5.98. The first-order valence-corrected chi connectivity index (χ1v) is 5.98. The van der Waals surface area contributed by atoms with E-state index in [9.17, 15) is 4.79 Å². The molecule has 0 bridgehead atoms. The van der Waals surface area contributed by atoms with Crippen LogP contribution in [0.2, 0.25) is 0 Å². The fraction of sp³-hybridized carbons (Fsp3) is 0.917. The van der Waals surface area contributed by atoms with E-state index in [4.69, 9.17) is 0 Å². The predicted molar refractivity (Wildman–Crippen MR) is 62.7 cm³/mol. The summed E-state index contributed by atoms with van der Waals surface area (Å²) in [5.41, 5.74) is -0.121. The topological polar surface area (TPSA) is 32.3 Å². The molecule has 1 N–H and O–H groups in total. The number of hydrogen-bond donors (Lipinski definition) is 1. The van der Waals surface area contributed by atoms with Gasteiger partial charge in [0.1, 0.15) is 0 Å². The fourth-order valence-electron chi connectivity index (χ4n) is 2.41. The molecular formula is C12H24N2O. The van der Waals surface area contributed by atoms with Crippen LogP contribution in [0.15, 0.2) is 0 Å². The molecule has 1 heterocycles. The molecule has 0 aromatic rings. The lowest BCUT2D eigenvalue weighted by Crippen LogP contribution is -2.44. The number of nitrogens with zero attached hydrogens (tertiary/aromatic N) is 1. The smallest absolute Gasteiger partial charge is 0.229 e. The van der Waals surface area contributed by atoms with E-state index in [-0.39, 0.29) is 5.41 Å². The van der Waals surface area contributed by atoms with E-state index in [1.165, 1.54) is 0 Å². The van der Waals surface area contributed by atoms with Gasteiger partial charge in [-0.25, -0.2) is 0 Å². The van der Waals surface area contributed by atoms with Crippen molar-refractivity contribution in [1.29, 1.82) is 0 Å². The second-order valence-electron chi connectivity index (χ2n) is 5.14. The van der Waals surface area contributed by atoms with Gasteiger partial charge in [0.2, 0.25) is 5.91 Å². The van der Waals surface area contributed by atoms with Gasteiger partial charge in [0.25, 0.3) is 0 Å². The molecule has 1 rings (SSSR count). The van der Waals surface area contributed by atoms with Crippen molar-refractivity contribution in [3.05, 3.63) is 0 Å². The minimum Gasteiger partial charge on any atom is -0.345 e. The van der Waals surface area contributed by atoms with Gasteiger partial charge in [-0.15, -0.1) is 0 Å². The minimum absolute atomic E-state index is 0.121. The zero-order valence-electron chi connectivity index (χ0n) is 10.5. The van der Waals surface area contributed by atoms with E-state index < -0.39 is 0 Å². The lowest BCUT2D eigenvalue weighted by molar-refractivity contribution is -0.140. The molecule has 0 saturated carbocycles. The molecule has 0 radical (unpaired) electrons. The fourth-order valence-corrected chi connectivity index (χ4v) is 2.41. The Morgan fingerprint density at radius 2 is 2.20 bits per heavy atom. The zero-order valence-corrected chi connectivity index (χ0v) is 10.5. The molecular weight excluding hydrogens is 188 g/mol. The molecule has 1 atom stereocenters. The number of rotatable bonds is 4. The largest absolute Gasteiger partial charge is 0.345 e. The highest BCUT2D eigenvalue weighted by Crippen LogP contribution is 2.31. The number of hydrogen-bond acceptors (Lipinski definition) is 2. The van der Waals surface area contributed by atoms with Gasteiger partial charge in [-0.2, -0.15) is 0 Å². The average molecular weight is 212 g/mol. The quantitative estimate of drug-likeness (QED) is 0.766. The van der Waals surface area contributed by atoms with Gasteiger partial charge in [-0.1, -0.05) is 20.8 Å². The van der Waals surface area contributed by atoms with E-state index in [0.717, 1.165) is 32.5 Å². The van der Waals surface area contributed by atoms with Crippen LogP contribution in [-0.2, 0) is 4.79 Å². The molecule has 1 aliphatic heterocycles. The van der Waals surface area contributed by atoms with Gasteiger partial charge < -0.3 is 10.2 Å². The van der Waals surface area contributed by atoms with E-state index >= 15 is 0 Å². The molecule has 1 unspecified atom stereocenters. The molecule has 1 amide bonds. The minimum atomic E-state index is -0.121. The lowest BCUT2D eigenvalue weighted by atomic mass is 9.82. The van der Waals surface area contributed by atoms with E-state index in [1.807, 2.05) is 11.9 Å².